The number of methoxy groups -OCH3 is 1. The summed E-state index contributed by atoms with van der Waals surface area (Å²) >= 11 is 7.50. The van der Waals surface area contributed by atoms with E-state index in [9.17, 15) is 4.79 Å². The van der Waals surface area contributed by atoms with Crippen molar-refractivity contribution >= 4 is 50.6 Å². The third kappa shape index (κ3) is 3.96. The van der Waals surface area contributed by atoms with Gasteiger partial charge in [0.15, 0.2) is 0 Å². The van der Waals surface area contributed by atoms with Gasteiger partial charge in [0.05, 0.1) is 23.1 Å². The van der Waals surface area contributed by atoms with Crippen molar-refractivity contribution < 1.29 is 9.53 Å². The second-order valence-electron chi connectivity index (χ2n) is 7.80. The Morgan fingerprint density at radius 3 is 2.70 bits per heavy atom. The quantitative estimate of drug-likeness (QED) is 0.578. The number of carbonyl (C=O) groups is 1. The van der Waals surface area contributed by atoms with E-state index in [0.29, 0.717) is 21.3 Å². The molecule has 8 heteroatoms. The lowest BCUT2D eigenvalue weighted by Gasteiger charge is -2.31. The standard InChI is InChI=1S/C22H25ClN4O2S/c1-12-7-9-27(10-8-12)20-18-13(2)19(30-22(18)25-14(3)24-20)21(28)26-16-11-15(23)5-6-17(16)29-4/h5-6,11-12H,7-10H2,1-4H3,(H,26,28). The lowest BCUT2D eigenvalue weighted by atomic mass is 9.99. The molecule has 0 aliphatic carbocycles. The number of nitrogens with zero attached hydrogens (tertiary/aromatic N) is 3. The maximum absolute atomic E-state index is 13.1. The van der Waals surface area contributed by atoms with Crippen LogP contribution >= 0.6 is 22.9 Å². The van der Waals surface area contributed by atoms with Crippen LogP contribution in [0.1, 0.15) is 40.8 Å². The molecule has 4 rings (SSSR count). The highest BCUT2D eigenvalue weighted by Gasteiger charge is 2.25. The summed E-state index contributed by atoms with van der Waals surface area (Å²) in [6.07, 6.45) is 2.30. The Labute approximate surface area is 185 Å². The molecule has 0 bridgehead atoms. The summed E-state index contributed by atoms with van der Waals surface area (Å²) in [6.45, 7) is 8.12. The fourth-order valence-electron chi connectivity index (χ4n) is 3.84. The number of hydrogen-bond acceptors (Lipinski definition) is 6. The summed E-state index contributed by atoms with van der Waals surface area (Å²) in [5, 5.41) is 4.45. The van der Waals surface area contributed by atoms with Crippen molar-refractivity contribution in [1.29, 1.82) is 0 Å². The number of aryl methyl sites for hydroxylation is 2. The number of ether oxygens (including phenoxy) is 1. The molecule has 3 aromatic rings. The third-order valence-electron chi connectivity index (χ3n) is 5.58. The minimum absolute atomic E-state index is 0.202. The van der Waals surface area contributed by atoms with Gasteiger partial charge < -0.3 is 15.0 Å². The van der Waals surface area contributed by atoms with E-state index in [1.165, 1.54) is 11.3 Å². The van der Waals surface area contributed by atoms with E-state index in [1.807, 2.05) is 13.8 Å². The van der Waals surface area contributed by atoms with Gasteiger partial charge in [0.2, 0.25) is 0 Å². The zero-order chi connectivity index (χ0) is 21.4. The summed E-state index contributed by atoms with van der Waals surface area (Å²) in [5.74, 6) is 2.76. The van der Waals surface area contributed by atoms with Crippen molar-refractivity contribution in [2.24, 2.45) is 5.92 Å². The van der Waals surface area contributed by atoms with E-state index in [2.05, 4.69) is 22.1 Å². The summed E-state index contributed by atoms with van der Waals surface area (Å²) in [4.78, 5) is 26.3. The molecule has 1 aromatic carbocycles. The molecule has 1 N–H and O–H groups in total. The van der Waals surface area contributed by atoms with Gasteiger partial charge in [-0.3, -0.25) is 4.79 Å². The number of amides is 1. The van der Waals surface area contributed by atoms with E-state index in [-0.39, 0.29) is 5.91 Å². The molecular weight excluding hydrogens is 420 g/mol. The molecule has 1 saturated heterocycles. The lowest BCUT2D eigenvalue weighted by molar-refractivity contribution is 0.102. The first-order chi connectivity index (χ1) is 14.4. The number of halogens is 1. The SMILES string of the molecule is COc1ccc(Cl)cc1NC(=O)c1sc2nc(C)nc(N3CCC(C)CC3)c2c1C. The second-order valence-corrected chi connectivity index (χ2v) is 9.23. The fourth-order valence-corrected chi connectivity index (χ4v) is 5.13. The smallest absolute Gasteiger partial charge is 0.266 e. The Balaban J connectivity index is 1.72. The van der Waals surface area contributed by atoms with Gasteiger partial charge in [0.25, 0.3) is 5.91 Å². The van der Waals surface area contributed by atoms with Gasteiger partial charge in [-0.25, -0.2) is 9.97 Å². The average molecular weight is 445 g/mol. The fraction of sp³-hybridized carbons (Fsp3) is 0.409. The van der Waals surface area contributed by atoms with Crippen LogP contribution in [0.15, 0.2) is 18.2 Å². The highest BCUT2D eigenvalue weighted by Crippen LogP contribution is 2.37. The van der Waals surface area contributed by atoms with Crippen molar-refractivity contribution in [3.63, 3.8) is 0 Å². The van der Waals surface area contributed by atoms with Gasteiger partial charge in [-0.2, -0.15) is 0 Å². The molecule has 2 aromatic heterocycles. The third-order valence-corrected chi connectivity index (χ3v) is 7.00. The molecule has 30 heavy (non-hydrogen) atoms. The minimum Gasteiger partial charge on any atom is -0.495 e. The summed E-state index contributed by atoms with van der Waals surface area (Å²) in [5.41, 5.74) is 1.45. The van der Waals surface area contributed by atoms with Crippen LogP contribution < -0.4 is 15.0 Å². The largest absolute Gasteiger partial charge is 0.495 e. The van der Waals surface area contributed by atoms with Crippen LogP contribution in [0.2, 0.25) is 5.02 Å². The van der Waals surface area contributed by atoms with Gasteiger partial charge in [-0.15, -0.1) is 11.3 Å². The first-order valence-corrected chi connectivity index (χ1v) is 11.2. The van der Waals surface area contributed by atoms with Gasteiger partial charge in [0, 0.05) is 18.1 Å². The molecule has 0 radical (unpaired) electrons. The van der Waals surface area contributed by atoms with Crippen LogP contribution in [0.25, 0.3) is 10.2 Å². The van der Waals surface area contributed by atoms with Crippen molar-refractivity contribution in [3.8, 4) is 5.75 Å². The number of benzene rings is 1. The Bertz CT molecular complexity index is 1110. The van der Waals surface area contributed by atoms with Crippen LogP contribution in [-0.2, 0) is 0 Å². The molecule has 1 aliphatic rings. The zero-order valence-corrected chi connectivity index (χ0v) is 19.2. The Hall–Kier alpha value is -2.38. The maximum atomic E-state index is 13.1. The van der Waals surface area contributed by atoms with E-state index in [0.717, 1.165) is 59.3 Å². The molecule has 1 amide bonds. The molecule has 0 atom stereocenters. The normalized spacial score (nSPS) is 14.9. The Morgan fingerprint density at radius 2 is 2.00 bits per heavy atom. The van der Waals surface area contributed by atoms with Crippen LogP contribution in [0.5, 0.6) is 5.75 Å². The first-order valence-electron chi connectivity index (χ1n) is 10.0. The first kappa shape index (κ1) is 20.9. The summed E-state index contributed by atoms with van der Waals surface area (Å²) < 4.78 is 5.35. The molecule has 0 unspecified atom stereocenters. The van der Waals surface area contributed by atoms with Crippen LogP contribution in [0, 0.1) is 19.8 Å². The van der Waals surface area contributed by atoms with E-state index in [1.54, 1.807) is 25.3 Å². The van der Waals surface area contributed by atoms with E-state index >= 15 is 0 Å². The number of hydrogen-bond donors (Lipinski definition) is 1. The number of nitrogens with one attached hydrogen (secondary N) is 1. The Kier molecular flexibility index (Phi) is 5.84. The number of piperidine rings is 1. The van der Waals surface area contributed by atoms with Crippen molar-refractivity contribution in [2.45, 2.75) is 33.6 Å². The molecule has 1 aliphatic heterocycles. The predicted octanol–water partition coefficient (Wildman–Crippen LogP) is 5.46. The lowest BCUT2D eigenvalue weighted by Crippen LogP contribution is -2.33. The van der Waals surface area contributed by atoms with E-state index < -0.39 is 0 Å². The number of aromatic nitrogens is 2. The molecule has 1 fully saturated rings. The molecule has 158 valence electrons. The number of anilines is 2. The molecular formula is C22H25ClN4O2S. The molecule has 6 nitrogen and oxygen atoms in total. The van der Waals surface area contributed by atoms with Crippen LogP contribution in [0.3, 0.4) is 0 Å². The monoisotopic (exact) mass is 444 g/mol. The van der Waals surface area contributed by atoms with Gasteiger partial charge in [0.1, 0.15) is 22.2 Å². The Morgan fingerprint density at radius 1 is 1.27 bits per heavy atom. The van der Waals surface area contributed by atoms with Crippen molar-refractivity contribution in [1.82, 2.24) is 9.97 Å². The van der Waals surface area contributed by atoms with Crippen molar-refractivity contribution in [2.75, 3.05) is 30.4 Å². The molecule has 0 saturated carbocycles. The van der Waals surface area contributed by atoms with Crippen LogP contribution in [-0.4, -0.2) is 36.1 Å². The highest BCUT2D eigenvalue weighted by molar-refractivity contribution is 7.20. The zero-order valence-electron chi connectivity index (χ0n) is 17.6. The second kappa shape index (κ2) is 8.40. The van der Waals surface area contributed by atoms with Gasteiger partial charge >= 0.3 is 0 Å². The number of rotatable bonds is 4. The average Bonchev–Trinajstić information content (AvgIpc) is 3.04. The van der Waals surface area contributed by atoms with Gasteiger partial charge in [-0.05, 0) is 56.4 Å². The van der Waals surface area contributed by atoms with E-state index in [4.69, 9.17) is 21.3 Å². The predicted molar refractivity (Wildman–Crippen MR) is 123 cm³/mol. The molecule has 0 spiro atoms. The highest BCUT2D eigenvalue weighted by atomic mass is 35.5. The summed E-state index contributed by atoms with van der Waals surface area (Å²) in [7, 11) is 1.56. The summed E-state index contributed by atoms with van der Waals surface area (Å²) in [6, 6.07) is 5.15. The topological polar surface area (TPSA) is 67.3 Å². The maximum Gasteiger partial charge on any atom is 0.266 e. The number of fused-ring (bicyclic) bond motifs is 1. The van der Waals surface area contributed by atoms with Crippen LogP contribution in [0.4, 0.5) is 11.5 Å². The molecule has 3 heterocycles. The van der Waals surface area contributed by atoms with Crippen molar-refractivity contribution in [3.05, 3.63) is 39.5 Å². The minimum atomic E-state index is -0.202. The van der Waals surface area contributed by atoms with Gasteiger partial charge in [-0.1, -0.05) is 18.5 Å². The number of carbonyl (C=O) groups excluding carboxylic acids is 1. The number of thiophene rings is 1.